The summed E-state index contributed by atoms with van der Waals surface area (Å²) in [5.74, 6) is 0.975. The van der Waals surface area contributed by atoms with Gasteiger partial charge >= 0.3 is 0 Å². The normalized spacial score (nSPS) is 20.7. The molecule has 2 unspecified atom stereocenters. The predicted octanol–water partition coefficient (Wildman–Crippen LogP) is 2.83. The van der Waals surface area contributed by atoms with Crippen LogP contribution < -0.4 is 10.1 Å². The van der Waals surface area contributed by atoms with Crippen LogP contribution in [0.5, 0.6) is 5.75 Å². The van der Waals surface area contributed by atoms with Gasteiger partial charge in [-0.05, 0) is 51.1 Å². The molecule has 1 fully saturated rings. The van der Waals surface area contributed by atoms with Crippen molar-refractivity contribution >= 4 is 0 Å². The largest absolute Gasteiger partial charge is 0.494 e. The van der Waals surface area contributed by atoms with Gasteiger partial charge in [-0.3, -0.25) is 4.90 Å². The predicted molar refractivity (Wildman–Crippen MR) is 79.7 cm³/mol. The molecular formula is C16H26N2O. The Labute approximate surface area is 116 Å². The standard InChI is InChI=1S/C16H26N2O/c1-4-11-19-16-7-5-14(6-8-16)13(2)18(3)15-9-10-17-12-15/h5-8,13,15,17H,4,9-12H2,1-3H3. The second-order valence-electron chi connectivity index (χ2n) is 5.41. The molecule has 106 valence electrons. The van der Waals surface area contributed by atoms with Crippen molar-refractivity contribution in [2.24, 2.45) is 0 Å². The van der Waals surface area contributed by atoms with E-state index in [-0.39, 0.29) is 0 Å². The summed E-state index contributed by atoms with van der Waals surface area (Å²) < 4.78 is 5.63. The van der Waals surface area contributed by atoms with Crippen molar-refractivity contribution in [3.8, 4) is 5.75 Å². The zero-order valence-electron chi connectivity index (χ0n) is 12.4. The molecule has 1 heterocycles. The van der Waals surface area contributed by atoms with Gasteiger partial charge in [-0.1, -0.05) is 19.1 Å². The zero-order chi connectivity index (χ0) is 13.7. The minimum Gasteiger partial charge on any atom is -0.494 e. The Morgan fingerprint density at radius 1 is 1.37 bits per heavy atom. The highest BCUT2D eigenvalue weighted by Gasteiger charge is 2.23. The molecule has 0 radical (unpaired) electrons. The molecule has 0 amide bonds. The van der Waals surface area contributed by atoms with E-state index in [1.54, 1.807) is 0 Å². The lowest BCUT2D eigenvalue weighted by Crippen LogP contribution is -2.35. The molecule has 1 aliphatic heterocycles. The summed E-state index contributed by atoms with van der Waals surface area (Å²) in [4.78, 5) is 2.47. The van der Waals surface area contributed by atoms with Gasteiger partial charge in [-0.2, -0.15) is 0 Å². The van der Waals surface area contributed by atoms with Gasteiger partial charge in [0.1, 0.15) is 5.75 Å². The van der Waals surface area contributed by atoms with E-state index in [2.05, 4.69) is 55.4 Å². The summed E-state index contributed by atoms with van der Waals surface area (Å²) in [5.41, 5.74) is 1.36. The molecule has 3 heteroatoms. The maximum atomic E-state index is 5.63. The fraction of sp³-hybridized carbons (Fsp3) is 0.625. The molecule has 2 atom stereocenters. The molecule has 1 saturated heterocycles. The number of rotatable bonds is 6. The highest BCUT2D eigenvalue weighted by molar-refractivity contribution is 5.29. The van der Waals surface area contributed by atoms with Crippen molar-refractivity contribution in [2.45, 2.75) is 38.8 Å². The van der Waals surface area contributed by atoms with Gasteiger partial charge < -0.3 is 10.1 Å². The van der Waals surface area contributed by atoms with Crippen LogP contribution in [0.3, 0.4) is 0 Å². The summed E-state index contributed by atoms with van der Waals surface area (Å²) in [6.45, 7) is 7.45. The molecule has 2 rings (SSSR count). The molecule has 1 aromatic carbocycles. The lowest BCUT2D eigenvalue weighted by atomic mass is 10.0. The number of ether oxygens (including phenoxy) is 1. The number of hydrogen-bond donors (Lipinski definition) is 1. The van der Waals surface area contributed by atoms with Crippen molar-refractivity contribution in [3.05, 3.63) is 29.8 Å². The van der Waals surface area contributed by atoms with Gasteiger partial charge in [0.05, 0.1) is 6.61 Å². The number of nitrogens with one attached hydrogen (secondary N) is 1. The van der Waals surface area contributed by atoms with E-state index in [4.69, 9.17) is 4.74 Å². The summed E-state index contributed by atoms with van der Waals surface area (Å²) in [6, 6.07) is 9.66. The van der Waals surface area contributed by atoms with Crippen LogP contribution in [0.4, 0.5) is 0 Å². The number of likely N-dealkylation sites (N-methyl/N-ethyl adjacent to an activating group) is 1. The minimum atomic E-state index is 0.449. The minimum absolute atomic E-state index is 0.449. The van der Waals surface area contributed by atoms with E-state index < -0.39 is 0 Å². The Bertz CT molecular complexity index is 371. The monoisotopic (exact) mass is 262 g/mol. The number of hydrogen-bond acceptors (Lipinski definition) is 3. The average Bonchev–Trinajstić information content (AvgIpc) is 2.98. The maximum Gasteiger partial charge on any atom is 0.119 e. The van der Waals surface area contributed by atoms with E-state index in [0.717, 1.165) is 31.9 Å². The molecule has 1 aromatic rings. The Kier molecular flexibility index (Phi) is 5.23. The van der Waals surface area contributed by atoms with Crippen LogP contribution in [0.1, 0.15) is 38.3 Å². The SMILES string of the molecule is CCCOc1ccc(C(C)N(C)C2CCNC2)cc1. The molecule has 0 spiro atoms. The van der Waals surface area contributed by atoms with Gasteiger partial charge in [0, 0.05) is 18.6 Å². The second kappa shape index (κ2) is 6.92. The Morgan fingerprint density at radius 2 is 2.11 bits per heavy atom. The summed E-state index contributed by atoms with van der Waals surface area (Å²) in [5, 5.41) is 3.43. The first-order valence-electron chi connectivity index (χ1n) is 7.37. The van der Waals surface area contributed by atoms with E-state index in [0.29, 0.717) is 12.1 Å². The number of nitrogens with zero attached hydrogens (tertiary/aromatic N) is 1. The van der Waals surface area contributed by atoms with Crippen molar-refractivity contribution in [1.82, 2.24) is 10.2 Å². The topological polar surface area (TPSA) is 24.5 Å². The van der Waals surface area contributed by atoms with E-state index >= 15 is 0 Å². The Morgan fingerprint density at radius 3 is 2.68 bits per heavy atom. The van der Waals surface area contributed by atoms with Gasteiger partial charge in [0.25, 0.3) is 0 Å². The Hall–Kier alpha value is -1.06. The maximum absolute atomic E-state index is 5.63. The summed E-state index contributed by atoms with van der Waals surface area (Å²) >= 11 is 0. The first-order chi connectivity index (χ1) is 9.22. The highest BCUT2D eigenvalue weighted by atomic mass is 16.5. The third-order valence-corrected chi connectivity index (χ3v) is 4.06. The van der Waals surface area contributed by atoms with Crippen LogP contribution in [-0.4, -0.2) is 37.7 Å². The molecule has 1 aliphatic rings. The molecule has 0 aliphatic carbocycles. The first-order valence-corrected chi connectivity index (χ1v) is 7.37. The van der Waals surface area contributed by atoms with Crippen LogP contribution in [0.25, 0.3) is 0 Å². The molecule has 0 saturated carbocycles. The Balaban J connectivity index is 1.96. The van der Waals surface area contributed by atoms with Gasteiger partial charge in [0.15, 0.2) is 0 Å². The summed E-state index contributed by atoms with van der Waals surface area (Å²) in [6.07, 6.45) is 2.30. The van der Waals surface area contributed by atoms with E-state index in [1.165, 1.54) is 12.0 Å². The van der Waals surface area contributed by atoms with Crippen molar-refractivity contribution in [2.75, 3.05) is 26.7 Å². The molecule has 0 bridgehead atoms. The van der Waals surface area contributed by atoms with Crippen molar-refractivity contribution in [3.63, 3.8) is 0 Å². The number of benzene rings is 1. The van der Waals surface area contributed by atoms with Crippen LogP contribution in [-0.2, 0) is 0 Å². The zero-order valence-corrected chi connectivity index (χ0v) is 12.4. The fourth-order valence-corrected chi connectivity index (χ4v) is 2.60. The molecule has 3 nitrogen and oxygen atoms in total. The molecule has 19 heavy (non-hydrogen) atoms. The second-order valence-corrected chi connectivity index (χ2v) is 5.41. The molecule has 0 aromatic heterocycles. The first kappa shape index (κ1) is 14.4. The van der Waals surface area contributed by atoms with E-state index in [9.17, 15) is 0 Å². The van der Waals surface area contributed by atoms with E-state index in [1.807, 2.05) is 0 Å². The van der Waals surface area contributed by atoms with Gasteiger partial charge in [-0.25, -0.2) is 0 Å². The third-order valence-electron chi connectivity index (χ3n) is 4.06. The smallest absolute Gasteiger partial charge is 0.119 e. The quantitative estimate of drug-likeness (QED) is 0.853. The fourth-order valence-electron chi connectivity index (χ4n) is 2.60. The van der Waals surface area contributed by atoms with Crippen LogP contribution in [0.15, 0.2) is 24.3 Å². The third kappa shape index (κ3) is 3.71. The average molecular weight is 262 g/mol. The van der Waals surface area contributed by atoms with Crippen LogP contribution >= 0.6 is 0 Å². The lowest BCUT2D eigenvalue weighted by molar-refractivity contribution is 0.197. The summed E-state index contributed by atoms with van der Waals surface area (Å²) in [7, 11) is 2.23. The molecule has 1 N–H and O–H groups in total. The van der Waals surface area contributed by atoms with Crippen LogP contribution in [0, 0.1) is 0 Å². The molecular weight excluding hydrogens is 236 g/mol. The van der Waals surface area contributed by atoms with Crippen LogP contribution in [0.2, 0.25) is 0 Å². The van der Waals surface area contributed by atoms with Gasteiger partial charge in [0.2, 0.25) is 0 Å². The van der Waals surface area contributed by atoms with Crippen molar-refractivity contribution < 1.29 is 4.74 Å². The highest BCUT2D eigenvalue weighted by Crippen LogP contribution is 2.24. The van der Waals surface area contributed by atoms with Crippen molar-refractivity contribution in [1.29, 1.82) is 0 Å². The lowest BCUT2D eigenvalue weighted by Gasteiger charge is -2.30. The van der Waals surface area contributed by atoms with Gasteiger partial charge in [-0.15, -0.1) is 0 Å².